The third kappa shape index (κ3) is 5.03. The van der Waals surface area contributed by atoms with Gasteiger partial charge in [-0.15, -0.1) is 11.3 Å². The molecular weight excluding hydrogens is 392 g/mol. The van der Waals surface area contributed by atoms with Gasteiger partial charge in [-0.25, -0.2) is 4.98 Å². The lowest BCUT2D eigenvalue weighted by molar-refractivity contribution is -0.112. The first-order valence-electron chi connectivity index (χ1n) is 8.74. The van der Waals surface area contributed by atoms with E-state index in [0.29, 0.717) is 16.3 Å². The van der Waals surface area contributed by atoms with Crippen molar-refractivity contribution in [2.75, 3.05) is 5.32 Å². The number of thiazole rings is 1. The Balaban J connectivity index is 0.00000136. The first kappa shape index (κ1) is 21.7. The molecule has 8 heteroatoms. The summed E-state index contributed by atoms with van der Waals surface area (Å²) in [6.45, 7) is 7.56. The second kappa shape index (κ2) is 10.1. The average molecular weight is 417 g/mol. The zero-order chi connectivity index (χ0) is 20.7. The Morgan fingerprint density at radius 3 is 2.46 bits per heavy atom. The number of hydrogen-bond acceptors (Lipinski definition) is 7. The van der Waals surface area contributed by atoms with Gasteiger partial charge in [-0.1, -0.05) is 26.0 Å². The van der Waals surface area contributed by atoms with E-state index in [1.807, 2.05) is 56.5 Å². The number of benzene rings is 1. The highest BCUT2D eigenvalue weighted by Gasteiger charge is 2.14. The van der Waals surface area contributed by atoms with Crippen LogP contribution in [-0.4, -0.2) is 10.9 Å². The number of aryl methyl sites for hydroxylation is 1. The predicted molar refractivity (Wildman–Crippen MR) is 119 cm³/mol. The van der Waals surface area contributed by atoms with Gasteiger partial charge in [-0.05, 0) is 49.6 Å². The van der Waals surface area contributed by atoms with E-state index in [0.717, 1.165) is 39.6 Å². The molecule has 0 saturated carbocycles. The Morgan fingerprint density at radius 2 is 1.93 bits per heavy atom. The van der Waals surface area contributed by atoms with Crippen molar-refractivity contribution in [3.63, 3.8) is 0 Å². The van der Waals surface area contributed by atoms with Gasteiger partial charge in [0.15, 0.2) is 10.8 Å². The molecule has 0 radical (unpaired) electrons. The van der Waals surface area contributed by atoms with Crippen LogP contribution in [0.15, 0.2) is 56.9 Å². The highest BCUT2D eigenvalue weighted by atomic mass is 32.2. The number of hydrogen-bond donors (Lipinski definition) is 3. The van der Waals surface area contributed by atoms with Gasteiger partial charge < -0.3 is 15.5 Å². The molecule has 0 aliphatic carbocycles. The summed E-state index contributed by atoms with van der Waals surface area (Å²) in [5.74, 6) is 1.24. The molecule has 3 aromatic rings. The number of carbonyl (C=O) groups is 1. The van der Waals surface area contributed by atoms with Crippen molar-refractivity contribution in [2.45, 2.75) is 27.7 Å². The number of aromatic nitrogens is 1. The van der Waals surface area contributed by atoms with Gasteiger partial charge in [-0.3, -0.25) is 9.93 Å². The van der Waals surface area contributed by atoms with Crippen LogP contribution in [0.3, 0.4) is 0 Å². The van der Waals surface area contributed by atoms with Gasteiger partial charge in [-0.2, -0.15) is 0 Å². The number of nitrogens with two attached hydrogens (primary N) is 2. The van der Waals surface area contributed by atoms with E-state index in [4.69, 9.17) is 15.3 Å². The summed E-state index contributed by atoms with van der Waals surface area (Å²) in [4.78, 5) is 16.7. The van der Waals surface area contributed by atoms with E-state index in [1.54, 1.807) is 13.1 Å². The fourth-order valence-corrected chi connectivity index (χ4v) is 3.40. The minimum atomic E-state index is -0.323. The van der Waals surface area contributed by atoms with Gasteiger partial charge in [0, 0.05) is 28.5 Å². The molecule has 0 unspecified atom stereocenters. The molecule has 0 spiro atoms. The van der Waals surface area contributed by atoms with Gasteiger partial charge in [0.2, 0.25) is 0 Å². The Hall–Kier alpha value is -2.55. The predicted octanol–water partition coefficient (Wildman–Crippen LogP) is 5.14. The number of nitrogens with zero attached hydrogens (tertiary/aromatic N) is 1. The minimum Gasteiger partial charge on any atom is -0.458 e. The molecule has 3 rings (SSSR count). The van der Waals surface area contributed by atoms with Crippen LogP contribution in [0, 0.1) is 6.92 Å². The van der Waals surface area contributed by atoms with Crippen LogP contribution in [0.1, 0.15) is 26.5 Å². The minimum absolute atomic E-state index is 0.299. The molecule has 0 fully saturated rings. The summed E-state index contributed by atoms with van der Waals surface area (Å²) in [5, 5.41) is 11.0. The van der Waals surface area contributed by atoms with Gasteiger partial charge >= 0.3 is 0 Å². The third-order valence-corrected chi connectivity index (χ3v) is 5.23. The second-order valence-electron chi connectivity index (χ2n) is 5.58. The quantitative estimate of drug-likeness (QED) is 0.393. The maximum atomic E-state index is 12.2. The Morgan fingerprint density at radius 1 is 1.25 bits per heavy atom. The number of rotatable bonds is 5. The van der Waals surface area contributed by atoms with Crippen LogP contribution in [0.2, 0.25) is 0 Å². The summed E-state index contributed by atoms with van der Waals surface area (Å²) in [6.07, 6.45) is 1.75. The maximum Gasteiger partial charge on any atom is 0.265 e. The lowest BCUT2D eigenvalue weighted by atomic mass is 10.1. The van der Waals surface area contributed by atoms with Crippen molar-refractivity contribution in [1.29, 1.82) is 0 Å². The third-order valence-electron chi connectivity index (χ3n) is 3.70. The molecule has 148 valence electrons. The summed E-state index contributed by atoms with van der Waals surface area (Å²) in [5.41, 5.74) is 8.69. The topological polar surface area (TPSA) is 107 Å². The maximum absolute atomic E-state index is 12.2. The molecule has 28 heavy (non-hydrogen) atoms. The Kier molecular flexibility index (Phi) is 7.86. The lowest BCUT2D eigenvalue weighted by Crippen LogP contribution is -2.17. The summed E-state index contributed by atoms with van der Waals surface area (Å²) in [7, 11) is 0. The van der Waals surface area contributed by atoms with E-state index < -0.39 is 0 Å². The van der Waals surface area contributed by atoms with Crippen molar-refractivity contribution < 1.29 is 9.21 Å². The number of furan rings is 1. The summed E-state index contributed by atoms with van der Waals surface area (Å²) in [6, 6.07) is 9.48. The number of nitrogens with one attached hydrogen (secondary N) is 1. The van der Waals surface area contributed by atoms with Crippen molar-refractivity contribution in [3.8, 4) is 21.9 Å². The number of amides is 1. The molecule has 6 nitrogen and oxygen atoms in total. The SMILES string of the molecule is C/C(N)=C(/SN)C(=O)Nc1ccc(-c2cc(-c3nccs3)oc2C)cc1.CC. The van der Waals surface area contributed by atoms with Gasteiger partial charge in [0.05, 0.1) is 0 Å². The largest absolute Gasteiger partial charge is 0.458 e. The molecule has 0 aliphatic heterocycles. The monoisotopic (exact) mass is 416 g/mol. The van der Waals surface area contributed by atoms with E-state index in [1.165, 1.54) is 11.3 Å². The molecule has 1 amide bonds. The van der Waals surface area contributed by atoms with Crippen LogP contribution in [-0.2, 0) is 4.79 Å². The van der Waals surface area contributed by atoms with Crippen molar-refractivity contribution in [3.05, 3.63) is 58.3 Å². The smallest absolute Gasteiger partial charge is 0.265 e. The highest BCUT2D eigenvalue weighted by Crippen LogP contribution is 2.33. The van der Waals surface area contributed by atoms with E-state index in [9.17, 15) is 4.79 Å². The van der Waals surface area contributed by atoms with Crippen LogP contribution in [0.25, 0.3) is 21.9 Å². The molecule has 0 aliphatic rings. The molecule has 1 aromatic carbocycles. The number of anilines is 1. The van der Waals surface area contributed by atoms with E-state index in [2.05, 4.69) is 10.3 Å². The fourth-order valence-electron chi connectivity index (χ4n) is 2.47. The second-order valence-corrected chi connectivity index (χ2v) is 7.12. The lowest BCUT2D eigenvalue weighted by Gasteiger charge is -2.08. The van der Waals surface area contributed by atoms with Crippen molar-refractivity contribution in [1.82, 2.24) is 4.98 Å². The molecule has 2 aromatic heterocycles. The van der Waals surface area contributed by atoms with Gasteiger partial charge in [0.1, 0.15) is 10.7 Å². The Bertz CT molecular complexity index is 941. The van der Waals surface area contributed by atoms with Crippen LogP contribution in [0.4, 0.5) is 5.69 Å². The molecule has 0 bridgehead atoms. The molecular formula is C20H24N4O2S2. The van der Waals surface area contributed by atoms with Crippen molar-refractivity contribution in [2.24, 2.45) is 10.9 Å². The summed E-state index contributed by atoms with van der Waals surface area (Å²) >= 11 is 2.36. The zero-order valence-corrected chi connectivity index (χ0v) is 17.9. The van der Waals surface area contributed by atoms with Gasteiger partial charge in [0.25, 0.3) is 5.91 Å². The Labute approximate surface area is 173 Å². The average Bonchev–Trinajstić information content (AvgIpc) is 3.34. The molecule has 5 N–H and O–H groups in total. The first-order chi connectivity index (χ1) is 13.5. The first-order valence-corrected chi connectivity index (χ1v) is 10.5. The van der Waals surface area contributed by atoms with E-state index in [-0.39, 0.29) is 5.91 Å². The van der Waals surface area contributed by atoms with Crippen LogP contribution >= 0.6 is 23.3 Å². The molecule has 0 atom stereocenters. The van der Waals surface area contributed by atoms with Crippen LogP contribution in [0.5, 0.6) is 0 Å². The van der Waals surface area contributed by atoms with E-state index >= 15 is 0 Å². The normalized spacial score (nSPS) is 11.3. The zero-order valence-electron chi connectivity index (χ0n) is 16.3. The fraction of sp³-hybridized carbons (Fsp3) is 0.200. The molecule has 0 saturated heterocycles. The molecule has 2 heterocycles. The highest BCUT2D eigenvalue weighted by molar-refractivity contribution is 8.01. The number of carbonyl (C=O) groups excluding carboxylic acids is 1. The standard InChI is InChI=1S/C18H18N4O2S2.C2H6/c1-10(19)16(26-20)17(23)22-13-5-3-12(4-6-13)14-9-15(24-11(14)2)18-21-7-8-25-18;1-2/h3-9H,19-20H2,1-2H3,(H,22,23);1-2H3/b16-10-;. The van der Waals surface area contributed by atoms with Crippen LogP contribution < -0.4 is 16.2 Å². The number of allylic oxidation sites excluding steroid dienone is 1. The summed E-state index contributed by atoms with van der Waals surface area (Å²) < 4.78 is 5.82. The van der Waals surface area contributed by atoms with Crippen molar-refractivity contribution >= 4 is 34.9 Å².